The molecule has 3 rings (SSSR count). The maximum absolute atomic E-state index is 6.13. The Kier molecular flexibility index (Phi) is 5.11. The zero-order chi connectivity index (χ0) is 17.1. The maximum atomic E-state index is 6.13. The monoisotopic (exact) mass is 362 g/mol. The molecule has 0 saturated carbocycles. The first-order valence-corrected chi connectivity index (χ1v) is 8.48. The molecule has 24 heavy (non-hydrogen) atoms. The smallest absolute Gasteiger partial charge is 0.171 e. The molecule has 0 fully saturated rings. The Balaban J connectivity index is 1.74. The molecule has 1 atom stereocenters. The number of nitrogens with one attached hydrogen (secondary N) is 2. The van der Waals surface area contributed by atoms with Crippen LogP contribution in [0.5, 0.6) is 11.5 Å². The van der Waals surface area contributed by atoms with Gasteiger partial charge in [-0.2, -0.15) is 0 Å². The lowest BCUT2D eigenvalue weighted by Crippen LogP contribution is -2.31. The Morgan fingerprint density at radius 3 is 2.67 bits per heavy atom. The van der Waals surface area contributed by atoms with Crippen LogP contribution in [0.1, 0.15) is 23.6 Å². The van der Waals surface area contributed by atoms with Crippen LogP contribution in [-0.2, 0) is 6.42 Å². The van der Waals surface area contributed by atoms with Crippen LogP contribution in [0.2, 0.25) is 5.02 Å². The molecule has 2 aromatic rings. The van der Waals surface area contributed by atoms with Gasteiger partial charge in [0.25, 0.3) is 0 Å². The van der Waals surface area contributed by atoms with Crippen molar-refractivity contribution in [1.82, 2.24) is 5.32 Å². The highest BCUT2D eigenvalue weighted by atomic mass is 35.5. The summed E-state index contributed by atoms with van der Waals surface area (Å²) >= 11 is 11.6. The molecule has 1 aliphatic rings. The van der Waals surface area contributed by atoms with E-state index in [9.17, 15) is 0 Å². The van der Waals surface area contributed by atoms with Gasteiger partial charge in [0.2, 0.25) is 0 Å². The minimum Gasteiger partial charge on any atom is -0.495 e. The van der Waals surface area contributed by atoms with Gasteiger partial charge in [-0.15, -0.1) is 0 Å². The van der Waals surface area contributed by atoms with Crippen molar-refractivity contribution in [2.24, 2.45) is 0 Å². The average Bonchev–Trinajstić information content (AvgIpc) is 2.99. The lowest BCUT2D eigenvalue weighted by atomic mass is 10.1. The van der Waals surface area contributed by atoms with Crippen LogP contribution < -0.4 is 20.1 Å². The van der Waals surface area contributed by atoms with E-state index in [1.54, 1.807) is 26.4 Å². The van der Waals surface area contributed by atoms with Crippen LogP contribution in [0.25, 0.3) is 0 Å². The quantitative estimate of drug-likeness (QED) is 0.792. The molecule has 6 heteroatoms. The van der Waals surface area contributed by atoms with Crippen LogP contribution in [-0.4, -0.2) is 19.3 Å². The molecule has 126 valence electrons. The van der Waals surface area contributed by atoms with Crippen LogP contribution in [0.4, 0.5) is 5.69 Å². The van der Waals surface area contributed by atoms with Gasteiger partial charge in [0.15, 0.2) is 5.11 Å². The van der Waals surface area contributed by atoms with E-state index in [1.807, 2.05) is 0 Å². The summed E-state index contributed by atoms with van der Waals surface area (Å²) in [5.74, 6) is 1.17. The van der Waals surface area contributed by atoms with Crippen LogP contribution in [0.3, 0.4) is 0 Å². The second kappa shape index (κ2) is 7.28. The number of halogens is 1. The lowest BCUT2D eigenvalue weighted by molar-refractivity contribution is 0.405. The SMILES string of the molecule is COc1cc(NC(=S)NC2CCc3ccccc32)c(OC)cc1Cl. The molecule has 0 heterocycles. The zero-order valence-electron chi connectivity index (χ0n) is 13.6. The van der Waals surface area contributed by atoms with Crippen molar-refractivity contribution in [2.75, 3.05) is 19.5 Å². The number of benzene rings is 2. The molecule has 0 aromatic heterocycles. The Labute approximate surface area is 152 Å². The average molecular weight is 363 g/mol. The van der Waals surface area contributed by atoms with E-state index in [-0.39, 0.29) is 6.04 Å². The van der Waals surface area contributed by atoms with Crippen molar-refractivity contribution in [3.8, 4) is 11.5 Å². The van der Waals surface area contributed by atoms with E-state index < -0.39 is 0 Å². The Morgan fingerprint density at radius 1 is 1.17 bits per heavy atom. The number of hydrogen-bond donors (Lipinski definition) is 2. The predicted octanol–water partition coefficient (Wildman–Crippen LogP) is 4.33. The number of methoxy groups -OCH3 is 2. The summed E-state index contributed by atoms with van der Waals surface area (Å²) in [6, 6.07) is 12.1. The van der Waals surface area contributed by atoms with Gasteiger partial charge in [0, 0.05) is 12.1 Å². The Hall–Kier alpha value is -1.98. The van der Waals surface area contributed by atoms with Gasteiger partial charge in [-0.1, -0.05) is 35.9 Å². The van der Waals surface area contributed by atoms with Crippen molar-refractivity contribution in [3.05, 3.63) is 52.5 Å². The van der Waals surface area contributed by atoms with Gasteiger partial charge in [-0.25, -0.2) is 0 Å². The maximum Gasteiger partial charge on any atom is 0.171 e. The number of aryl methyl sites for hydroxylation is 1. The second-order valence-corrected chi connectivity index (χ2v) is 6.39. The Bertz CT molecular complexity index is 767. The molecule has 0 spiro atoms. The third kappa shape index (κ3) is 3.42. The molecule has 0 bridgehead atoms. The molecular formula is C18H19ClN2O2S. The van der Waals surface area contributed by atoms with E-state index in [0.717, 1.165) is 12.8 Å². The summed E-state index contributed by atoms with van der Waals surface area (Å²) in [5, 5.41) is 7.59. The van der Waals surface area contributed by atoms with Crippen molar-refractivity contribution in [3.63, 3.8) is 0 Å². The van der Waals surface area contributed by atoms with Gasteiger partial charge >= 0.3 is 0 Å². The van der Waals surface area contributed by atoms with Crippen molar-refractivity contribution >= 4 is 34.6 Å². The second-order valence-electron chi connectivity index (χ2n) is 5.58. The molecule has 2 aromatic carbocycles. The summed E-state index contributed by atoms with van der Waals surface area (Å²) < 4.78 is 10.6. The van der Waals surface area contributed by atoms with E-state index in [2.05, 4.69) is 34.9 Å². The largest absolute Gasteiger partial charge is 0.495 e. The summed E-state index contributed by atoms with van der Waals surface area (Å²) in [6.45, 7) is 0. The first-order valence-electron chi connectivity index (χ1n) is 7.69. The highest BCUT2D eigenvalue weighted by Crippen LogP contribution is 2.36. The third-order valence-electron chi connectivity index (χ3n) is 4.16. The third-order valence-corrected chi connectivity index (χ3v) is 4.68. The van der Waals surface area contributed by atoms with E-state index in [4.69, 9.17) is 33.3 Å². The number of hydrogen-bond acceptors (Lipinski definition) is 3. The molecule has 0 radical (unpaired) electrons. The van der Waals surface area contributed by atoms with Crippen molar-refractivity contribution in [2.45, 2.75) is 18.9 Å². The summed E-state index contributed by atoms with van der Waals surface area (Å²) in [7, 11) is 3.16. The van der Waals surface area contributed by atoms with Crippen LogP contribution >= 0.6 is 23.8 Å². The van der Waals surface area contributed by atoms with Crippen LogP contribution in [0.15, 0.2) is 36.4 Å². The molecular weight excluding hydrogens is 344 g/mol. The molecule has 1 aliphatic carbocycles. The highest BCUT2D eigenvalue weighted by molar-refractivity contribution is 7.80. The molecule has 2 N–H and O–H groups in total. The van der Waals surface area contributed by atoms with Crippen LogP contribution in [0, 0.1) is 0 Å². The summed E-state index contributed by atoms with van der Waals surface area (Å²) in [5.41, 5.74) is 3.40. The minimum absolute atomic E-state index is 0.224. The molecule has 4 nitrogen and oxygen atoms in total. The highest BCUT2D eigenvalue weighted by Gasteiger charge is 2.22. The fourth-order valence-corrected chi connectivity index (χ4v) is 3.46. The number of fused-ring (bicyclic) bond motifs is 1. The van der Waals surface area contributed by atoms with Crippen molar-refractivity contribution in [1.29, 1.82) is 0 Å². The van der Waals surface area contributed by atoms with Crippen molar-refractivity contribution < 1.29 is 9.47 Å². The Morgan fingerprint density at radius 2 is 1.92 bits per heavy atom. The lowest BCUT2D eigenvalue weighted by Gasteiger charge is -2.19. The first-order chi connectivity index (χ1) is 11.6. The zero-order valence-corrected chi connectivity index (χ0v) is 15.1. The number of rotatable bonds is 4. The van der Waals surface area contributed by atoms with Gasteiger partial charge in [0.05, 0.1) is 31.0 Å². The predicted molar refractivity (Wildman–Crippen MR) is 101 cm³/mol. The fraction of sp³-hybridized carbons (Fsp3) is 0.278. The normalized spacial score (nSPS) is 15.5. The topological polar surface area (TPSA) is 42.5 Å². The van der Waals surface area contributed by atoms with E-state index in [0.29, 0.717) is 27.3 Å². The first kappa shape index (κ1) is 16.9. The van der Waals surface area contributed by atoms with Gasteiger partial charge in [-0.3, -0.25) is 0 Å². The number of ether oxygens (including phenoxy) is 2. The van der Waals surface area contributed by atoms with E-state index in [1.165, 1.54) is 11.1 Å². The minimum atomic E-state index is 0.224. The number of thiocarbonyl (C=S) groups is 1. The molecule has 0 amide bonds. The van der Waals surface area contributed by atoms with Gasteiger partial charge in [-0.05, 0) is 36.2 Å². The standard InChI is InChI=1S/C18H19ClN2O2S/c1-22-16-10-15(17(23-2)9-13(16)19)21-18(24)20-14-8-7-11-5-3-4-6-12(11)14/h3-6,9-10,14H,7-8H2,1-2H3,(H2,20,21,24). The van der Waals surface area contributed by atoms with E-state index >= 15 is 0 Å². The summed E-state index contributed by atoms with van der Waals surface area (Å²) in [6.07, 6.45) is 2.09. The number of anilines is 1. The molecule has 0 aliphatic heterocycles. The molecule has 0 saturated heterocycles. The van der Waals surface area contributed by atoms with Gasteiger partial charge < -0.3 is 20.1 Å². The summed E-state index contributed by atoms with van der Waals surface area (Å²) in [4.78, 5) is 0. The molecule has 1 unspecified atom stereocenters. The fourth-order valence-electron chi connectivity index (χ4n) is 2.98. The van der Waals surface area contributed by atoms with Gasteiger partial charge in [0.1, 0.15) is 11.5 Å².